The number of carboxylic acids is 1. The summed E-state index contributed by atoms with van der Waals surface area (Å²) in [6, 6.07) is 16.4. The Kier molecular flexibility index (Phi) is 21.3. The van der Waals surface area contributed by atoms with Crippen molar-refractivity contribution in [3.05, 3.63) is 119 Å². The van der Waals surface area contributed by atoms with Gasteiger partial charge in [-0.05, 0) is 290 Å². The molecule has 4 aromatic rings. The molecule has 4 N–H and O–H groups in total. The first kappa shape index (κ1) is 85.5. The summed E-state index contributed by atoms with van der Waals surface area (Å²) in [4.78, 5) is 116. The smallest absolute Gasteiger partial charge is 0.317 e. The molecule has 2 aromatic heterocycles. The number of likely N-dealkylation sites (N-methyl/N-ethyl adjacent to an activating group) is 1. The Labute approximate surface area is 693 Å². The van der Waals surface area contributed by atoms with E-state index in [1.165, 1.54) is 5.57 Å². The SMILES string of the molecule is CNCCn1c([C@@]23CC[C@]4(C)[C@H](CC[C@@H]5[C@@]6(C)CC[C@H](OC(=O)CC(C)(C)C(=O)Oc7cc(-n8c(=O)c(C)c([C@@]9%10CC[C@]%11(C)[C@H](CC[C@@H]%12[C@@]%13(C)CC[C@H](OC(=O)CC(C)(C)C(=O)O)C(C)(C)[C@@H]%13CC[C@]%12%11C)C9=C(C(C)C)C(=O)C%10)n8CCN)ccc7C#N)C(C)(C)[C@@H]6CC[C@]54C)C2=C(C(C)C)C(=O)C3)c(C)c(=O)n1-c1ccc(C#N)cc1. The molecule has 8 fully saturated rings. The minimum atomic E-state index is -1.43. The Hall–Kier alpha value is -7.94. The van der Waals surface area contributed by atoms with Crippen LogP contribution in [0.25, 0.3) is 11.4 Å². The summed E-state index contributed by atoms with van der Waals surface area (Å²) >= 11 is 0. The Balaban J connectivity index is 0.688. The molecule has 10 aliphatic carbocycles. The van der Waals surface area contributed by atoms with Crippen LogP contribution in [-0.4, -0.2) is 91.6 Å². The summed E-state index contributed by atoms with van der Waals surface area (Å²) in [5, 5.41) is 33.6. The van der Waals surface area contributed by atoms with Gasteiger partial charge < -0.3 is 30.4 Å². The van der Waals surface area contributed by atoms with Gasteiger partial charge in [0.15, 0.2) is 17.3 Å². The van der Waals surface area contributed by atoms with E-state index in [4.69, 9.17) is 19.9 Å². The first-order chi connectivity index (χ1) is 54.7. The van der Waals surface area contributed by atoms with Crippen LogP contribution in [0.5, 0.6) is 5.75 Å². The van der Waals surface area contributed by atoms with Crippen molar-refractivity contribution in [3.8, 4) is 29.3 Å². The molecule has 2 aromatic carbocycles. The van der Waals surface area contributed by atoms with Crippen LogP contribution < -0.4 is 26.9 Å². The Morgan fingerprint density at radius 1 is 0.556 bits per heavy atom. The quantitative estimate of drug-likeness (QED) is 0.0547. The number of allylic oxidation sites excluding steroid dienone is 4. The van der Waals surface area contributed by atoms with Crippen LogP contribution >= 0.6 is 0 Å². The number of carbonyl (C=O) groups excluding carboxylic acids is 5. The molecular weight excluding hydrogens is 1470 g/mol. The van der Waals surface area contributed by atoms with Gasteiger partial charge >= 0.3 is 23.9 Å². The molecular formula is C97H132N8O12. The lowest BCUT2D eigenvalue weighted by Gasteiger charge is -2.72. The van der Waals surface area contributed by atoms with Gasteiger partial charge in [-0.3, -0.25) is 47.7 Å². The van der Waals surface area contributed by atoms with Crippen LogP contribution in [0.1, 0.15) is 287 Å². The predicted octanol–water partition coefficient (Wildman–Crippen LogP) is 16.9. The Morgan fingerprint density at radius 2 is 0.991 bits per heavy atom. The number of ketones is 2. The van der Waals surface area contributed by atoms with Crippen molar-refractivity contribution in [2.75, 3.05) is 20.1 Å². The molecule has 8 saturated carbocycles. The number of nitrogens with one attached hydrogen (secondary N) is 1. The lowest BCUT2D eigenvalue weighted by Crippen LogP contribution is -2.66. The number of nitriles is 2. The topological polar surface area (TPSA) is 290 Å². The highest BCUT2D eigenvalue weighted by molar-refractivity contribution is 6.03. The molecule has 0 unspecified atom stereocenters. The van der Waals surface area contributed by atoms with Crippen molar-refractivity contribution < 1.29 is 48.1 Å². The number of aliphatic carboxylic acids is 1. The number of esters is 3. The Morgan fingerprint density at radius 3 is 1.41 bits per heavy atom. The third-order valence-corrected chi connectivity index (χ3v) is 34.9. The standard InChI is InChI=1S/C97H132N8O12/c1-55(2)76-65(106)49-96(42-40-92(17)63(78(76)96)28-30-70-90(15)36-34-72(116-74(108)51-86(7,8)84(112)113)88(11,12)68(90)32-38-94(70,92)19)80-57(5)83(111)105(102(80)46-44-98)62-27-24-60(54-100)67(48-62)115-85(114)87(9,10)52-75(109)117-73-35-37-91(16)69(89(73,13)14)33-39-95(20)71(91)31-29-64-79-77(56(3)4)66(107)50-97(79,43-41-93(64,95)18)81-58(6)82(110)104(103(81)47-45-101-21)61-25-22-59(53-99)23-26-61/h22-27,48,55-56,63-64,68-73,101H,28-47,49-52,98H2,1-21H3,(H,112,113)/t63-,64-,68+,69+,70-,71-,72+,73+,90+,91+,92-,93-,94-,95-,96-,97-/m1/s1. The molecule has 0 saturated heterocycles. The average molecular weight is 1600 g/mol. The number of carboxylic acid groups (broad SMARTS) is 1. The fourth-order valence-corrected chi connectivity index (χ4v) is 29.0. The predicted molar refractivity (Wildman–Crippen MR) is 449 cm³/mol. The maximum Gasteiger partial charge on any atom is 0.317 e. The Bertz CT molecular complexity index is 5060. The zero-order valence-electron chi connectivity index (χ0n) is 74.0. The van der Waals surface area contributed by atoms with E-state index < -0.39 is 57.1 Å². The van der Waals surface area contributed by atoms with Crippen molar-refractivity contribution in [1.82, 2.24) is 24.0 Å². The highest BCUT2D eigenvalue weighted by Crippen LogP contribution is 2.80. The first-order valence-corrected chi connectivity index (χ1v) is 44.1. The molecule has 2 heterocycles. The van der Waals surface area contributed by atoms with Crippen LogP contribution in [0.3, 0.4) is 0 Å². The van der Waals surface area contributed by atoms with E-state index in [9.17, 15) is 39.6 Å². The van der Waals surface area contributed by atoms with Crippen LogP contribution in [0.4, 0.5) is 0 Å². The van der Waals surface area contributed by atoms with Gasteiger partial charge in [-0.1, -0.05) is 96.9 Å². The van der Waals surface area contributed by atoms with Gasteiger partial charge in [-0.2, -0.15) is 10.5 Å². The summed E-state index contributed by atoms with van der Waals surface area (Å²) < 4.78 is 26.7. The number of aromatic nitrogens is 4. The van der Waals surface area contributed by atoms with E-state index in [0.717, 1.165) is 112 Å². The summed E-state index contributed by atoms with van der Waals surface area (Å²) in [6.07, 6.45) is 12.9. The minimum Gasteiger partial charge on any atom is -0.481 e. The van der Waals surface area contributed by atoms with E-state index in [-0.39, 0.29) is 146 Å². The lowest BCUT2D eigenvalue weighted by atomic mass is 9.33. The number of nitrogens with zero attached hydrogens (tertiary/aromatic N) is 6. The number of nitrogens with two attached hydrogens (primary N) is 1. The first-order valence-electron chi connectivity index (χ1n) is 44.1. The van der Waals surface area contributed by atoms with Crippen LogP contribution in [0.2, 0.25) is 0 Å². The van der Waals surface area contributed by atoms with Crippen molar-refractivity contribution >= 4 is 35.4 Å². The number of benzene rings is 2. The van der Waals surface area contributed by atoms with Gasteiger partial charge in [0.05, 0.1) is 76.7 Å². The molecule has 20 heteroatoms. The van der Waals surface area contributed by atoms with E-state index in [0.29, 0.717) is 78.7 Å². The van der Waals surface area contributed by atoms with Gasteiger partial charge in [-0.15, -0.1) is 0 Å². The van der Waals surface area contributed by atoms with Crippen molar-refractivity contribution in [3.63, 3.8) is 0 Å². The number of rotatable bonds is 20. The monoisotopic (exact) mass is 1600 g/mol. The molecule has 10 aliphatic rings. The van der Waals surface area contributed by atoms with Crippen molar-refractivity contribution in [1.29, 1.82) is 10.5 Å². The summed E-state index contributed by atoms with van der Waals surface area (Å²) in [6.45, 7) is 44.4. The maximum absolute atomic E-state index is 15.5. The zero-order valence-corrected chi connectivity index (χ0v) is 74.0. The van der Waals surface area contributed by atoms with Gasteiger partial charge in [0.1, 0.15) is 18.3 Å². The second-order valence-corrected chi connectivity index (χ2v) is 42.8. The highest BCUT2D eigenvalue weighted by Gasteiger charge is 2.74. The fourth-order valence-electron chi connectivity index (χ4n) is 29.0. The van der Waals surface area contributed by atoms with Crippen molar-refractivity contribution in [2.24, 2.45) is 107 Å². The van der Waals surface area contributed by atoms with E-state index in [1.807, 2.05) is 37.7 Å². The van der Waals surface area contributed by atoms with Gasteiger partial charge in [0, 0.05) is 64.8 Å². The normalized spacial score (nSPS) is 34.1. The molecule has 0 amide bonds. The summed E-state index contributed by atoms with van der Waals surface area (Å²) in [7, 11) is 1.91. The third-order valence-electron chi connectivity index (χ3n) is 34.9. The highest BCUT2D eigenvalue weighted by atomic mass is 16.6. The number of fused-ring (bicyclic) bond motifs is 14. The zero-order chi connectivity index (χ0) is 85.4. The van der Waals surface area contributed by atoms with Gasteiger partial charge in [0.25, 0.3) is 11.1 Å². The van der Waals surface area contributed by atoms with Crippen molar-refractivity contribution in [2.45, 2.75) is 303 Å². The molecule has 0 radical (unpaired) electrons. The molecule has 0 spiro atoms. The molecule has 20 nitrogen and oxygen atoms in total. The molecule has 117 heavy (non-hydrogen) atoms. The van der Waals surface area contributed by atoms with E-state index in [2.05, 4.69) is 119 Å². The maximum atomic E-state index is 15.5. The second kappa shape index (κ2) is 29.2. The van der Waals surface area contributed by atoms with Crippen LogP contribution in [-0.2, 0) is 62.2 Å². The van der Waals surface area contributed by atoms with Gasteiger partial charge in [0.2, 0.25) is 0 Å². The number of hydrogen-bond acceptors (Lipinski definition) is 15. The largest absolute Gasteiger partial charge is 0.481 e. The molecule has 0 bridgehead atoms. The summed E-state index contributed by atoms with van der Waals surface area (Å²) in [5.74, 6) is -1.40. The van der Waals surface area contributed by atoms with Gasteiger partial charge in [-0.25, -0.2) is 9.36 Å². The molecule has 16 atom stereocenters. The van der Waals surface area contributed by atoms with E-state index >= 15 is 14.4 Å². The minimum absolute atomic E-state index is 0.0103. The van der Waals surface area contributed by atoms with Crippen LogP contribution in [0, 0.1) is 138 Å². The number of Topliss-reactive ketones (excluding diaryl/α,β-unsaturated/α-hetero) is 2. The molecule has 14 rings (SSSR count). The number of hydrogen-bond donors (Lipinski definition) is 3. The third kappa shape index (κ3) is 12.5. The fraction of sp³-hybridized carbons (Fsp3) is 0.691. The molecule has 0 aliphatic heterocycles. The van der Waals surface area contributed by atoms with Crippen LogP contribution in [0.15, 0.2) is 74.3 Å². The average Bonchev–Trinajstić information content (AvgIpc) is 1.66. The lowest BCUT2D eigenvalue weighted by molar-refractivity contribution is -0.232. The number of ether oxygens (including phenoxy) is 3. The summed E-state index contributed by atoms with van der Waals surface area (Å²) in [5.41, 5.74) is 9.06. The van der Waals surface area contributed by atoms with E-state index in [1.54, 1.807) is 67.4 Å². The second-order valence-electron chi connectivity index (χ2n) is 42.8. The number of carbonyl (C=O) groups is 6. The molecule has 632 valence electrons.